The van der Waals surface area contributed by atoms with Crippen LogP contribution in [0.1, 0.15) is 24.1 Å². The predicted molar refractivity (Wildman–Crippen MR) is 78.4 cm³/mol. The maximum Gasteiger partial charge on any atom is 0.128 e. The number of rotatable bonds is 4. The van der Waals surface area contributed by atoms with Gasteiger partial charge >= 0.3 is 0 Å². The van der Waals surface area contributed by atoms with Crippen LogP contribution in [0.5, 0.6) is 0 Å². The van der Waals surface area contributed by atoms with Crippen molar-refractivity contribution in [2.75, 3.05) is 6.54 Å². The highest BCUT2D eigenvalue weighted by Crippen LogP contribution is 2.33. The van der Waals surface area contributed by atoms with E-state index in [2.05, 4.69) is 5.32 Å². The van der Waals surface area contributed by atoms with Crippen molar-refractivity contribution >= 4 is 23.2 Å². The van der Waals surface area contributed by atoms with Crippen LogP contribution in [0.4, 0.5) is 4.39 Å². The number of nitrogens with one attached hydrogen (secondary N) is 1. The van der Waals surface area contributed by atoms with Gasteiger partial charge in [-0.2, -0.15) is 0 Å². The van der Waals surface area contributed by atoms with Crippen molar-refractivity contribution in [1.82, 2.24) is 5.32 Å². The van der Waals surface area contributed by atoms with Gasteiger partial charge in [0.15, 0.2) is 0 Å². The van der Waals surface area contributed by atoms with E-state index in [1.165, 1.54) is 6.07 Å². The highest BCUT2D eigenvalue weighted by atomic mass is 35.5. The molecule has 0 saturated heterocycles. The van der Waals surface area contributed by atoms with Gasteiger partial charge < -0.3 is 5.32 Å². The first-order valence-corrected chi connectivity index (χ1v) is 6.82. The topological polar surface area (TPSA) is 12.0 Å². The molecule has 0 radical (unpaired) electrons. The average Bonchev–Trinajstić information content (AvgIpc) is 2.41. The van der Waals surface area contributed by atoms with Gasteiger partial charge in [-0.25, -0.2) is 4.39 Å². The van der Waals surface area contributed by atoms with E-state index in [4.69, 9.17) is 23.2 Å². The van der Waals surface area contributed by atoms with Gasteiger partial charge in [0, 0.05) is 5.56 Å². The highest BCUT2D eigenvalue weighted by molar-refractivity contribution is 6.42. The molecule has 2 aromatic rings. The monoisotopic (exact) mass is 297 g/mol. The average molecular weight is 298 g/mol. The van der Waals surface area contributed by atoms with Crippen LogP contribution in [-0.4, -0.2) is 6.54 Å². The Kier molecular flexibility index (Phi) is 4.81. The minimum absolute atomic E-state index is 0.260. The molecule has 100 valence electrons. The van der Waals surface area contributed by atoms with Gasteiger partial charge in [0.1, 0.15) is 5.82 Å². The molecule has 1 unspecified atom stereocenters. The molecule has 0 aliphatic carbocycles. The molecule has 0 fully saturated rings. The van der Waals surface area contributed by atoms with Crippen LogP contribution in [0.15, 0.2) is 42.5 Å². The van der Waals surface area contributed by atoms with Crippen molar-refractivity contribution in [2.45, 2.75) is 13.0 Å². The van der Waals surface area contributed by atoms with Crippen LogP contribution in [0.2, 0.25) is 10.0 Å². The summed E-state index contributed by atoms with van der Waals surface area (Å²) in [5.41, 5.74) is 1.34. The van der Waals surface area contributed by atoms with E-state index in [0.29, 0.717) is 22.2 Å². The Morgan fingerprint density at radius 3 is 2.42 bits per heavy atom. The second-order valence-corrected chi connectivity index (χ2v) is 4.94. The Bertz CT molecular complexity index is 572. The molecule has 0 bridgehead atoms. The maximum atomic E-state index is 14.0. The molecule has 2 aromatic carbocycles. The van der Waals surface area contributed by atoms with E-state index >= 15 is 0 Å². The van der Waals surface area contributed by atoms with Crippen molar-refractivity contribution in [1.29, 1.82) is 0 Å². The van der Waals surface area contributed by atoms with E-state index in [0.717, 1.165) is 5.56 Å². The third kappa shape index (κ3) is 3.08. The molecule has 1 N–H and O–H groups in total. The molecule has 2 rings (SSSR count). The van der Waals surface area contributed by atoms with Crippen molar-refractivity contribution in [2.24, 2.45) is 0 Å². The summed E-state index contributed by atoms with van der Waals surface area (Å²) in [7, 11) is 0. The van der Waals surface area contributed by atoms with Crippen LogP contribution >= 0.6 is 23.2 Å². The zero-order valence-corrected chi connectivity index (χ0v) is 12.0. The van der Waals surface area contributed by atoms with Crippen LogP contribution in [0.3, 0.4) is 0 Å². The van der Waals surface area contributed by atoms with Gasteiger partial charge in [-0.15, -0.1) is 0 Å². The molecule has 0 spiro atoms. The van der Waals surface area contributed by atoms with E-state index in [9.17, 15) is 4.39 Å². The molecule has 19 heavy (non-hydrogen) atoms. The zero-order valence-electron chi connectivity index (χ0n) is 10.5. The molecule has 0 amide bonds. The lowest BCUT2D eigenvalue weighted by molar-refractivity contribution is 0.559. The van der Waals surface area contributed by atoms with E-state index in [1.54, 1.807) is 24.3 Å². The van der Waals surface area contributed by atoms with Crippen molar-refractivity contribution < 1.29 is 4.39 Å². The molecule has 0 aliphatic heterocycles. The largest absolute Gasteiger partial charge is 0.306 e. The SMILES string of the molecule is CCNC(c1ccccc1F)c1cccc(Cl)c1Cl. The third-order valence-corrected chi connectivity index (χ3v) is 3.75. The molecular weight excluding hydrogens is 284 g/mol. The normalized spacial score (nSPS) is 12.4. The number of hydrogen-bond acceptors (Lipinski definition) is 1. The van der Waals surface area contributed by atoms with E-state index in [-0.39, 0.29) is 11.9 Å². The van der Waals surface area contributed by atoms with E-state index < -0.39 is 0 Å². The second-order valence-electron chi connectivity index (χ2n) is 4.16. The van der Waals surface area contributed by atoms with Crippen LogP contribution in [0, 0.1) is 5.82 Å². The van der Waals surface area contributed by atoms with Gasteiger partial charge in [0.25, 0.3) is 0 Å². The van der Waals surface area contributed by atoms with Crippen molar-refractivity contribution in [3.8, 4) is 0 Å². The lowest BCUT2D eigenvalue weighted by Crippen LogP contribution is -2.23. The summed E-state index contributed by atoms with van der Waals surface area (Å²) in [4.78, 5) is 0. The summed E-state index contributed by atoms with van der Waals surface area (Å²) in [5, 5.41) is 4.17. The lowest BCUT2D eigenvalue weighted by Gasteiger charge is -2.21. The summed E-state index contributed by atoms with van der Waals surface area (Å²) in [5.74, 6) is -0.260. The van der Waals surface area contributed by atoms with Gasteiger partial charge in [-0.3, -0.25) is 0 Å². The predicted octanol–water partition coefficient (Wildman–Crippen LogP) is 4.83. The summed E-state index contributed by atoms with van der Waals surface area (Å²) < 4.78 is 14.0. The fourth-order valence-electron chi connectivity index (χ4n) is 2.04. The first kappa shape index (κ1) is 14.3. The highest BCUT2D eigenvalue weighted by Gasteiger charge is 2.20. The Balaban J connectivity index is 2.52. The second kappa shape index (κ2) is 6.38. The first-order chi connectivity index (χ1) is 9.15. The molecule has 1 atom stereocenters. The molecule has 0 saturated carbocycles. The van der Waals surface area contributed by atoms with Gasteiger partial charge in [0.2, 0.25) is 0 Å². The zero-order chi connectivity index (χ0) is 13.8. The number of benzene rings is 2. The molecule has 1 nitrogen and oxygen atoms in total. The van der Waals surface area contributed by atoms with Crippen LogP contribution in [-0.2, 0) is 0 Å². The minimum Gasteiger partial charge on any atom is -0.306 e. The van der Waals surface area contributed by atoms with Crippen molar-refractivity contribution in [3.05, 3.63) is 69.5 Å². The fraction of sp³-hybridized carbons (Fsp3) is 0.200. The molecule has 4 heteroatoms. The Morgan fingerprint density at radius 2 is 1.74 bits per heavy atom. The standard InChI is InChI=1S/C15H14Cl2FN/c1-2-19-15(10-6-3-4-9-13(10)18)11-7-5-8-12(16)14(11)17/h3-9,15,19H,2H2,1H3. The Morgan fingerprint density at radius 1 is 1.05 bits per heavy atom. The summed E-state index contributed by atoms with van der Waals surface area (Å²) in [6.45, 7) is 2.66. The Labute approximate surface area is 122 Å². The summed E-state index contributed by atoms with van der Waals surface area (Å²) in [6, 6.07) is 11.7. The first-order valence-electron chi connectivity index (χ1n) is 6.06. The molecular formula is C15H14Cl2FN. The van der Waals surface area contributed by atoms with Crippen LogP contribution in [0.25, 0.3) is 0 Å². The minimum atomic E-state index is -0.308. The quantitative estimate of drug-likeness (QED) is 0.852. The molecule has 0 aliphatic rings. The smallest absolute Gasteiger partial charge is 0.128 e. The number of hydrogen-bond donors (Lipinski definition) is 1. The number of halogens is 3. The van der Waals surface area contributed by atoms with Crippen LogP contribution < -0.4 is 5.32 Å². The van der Waals surface area contributed by atoms with Gasteiger partial charge in [0.05, 0.1) is 16.1 Å². The summed E-state index contributed by atoms with van der Waals surface area (Å²) in [6.07, 6.45) is 0. The summed E-state index contributed by atoms with van der Waals surface area (Å²) >= 11 is 12.3. The molecule has 0 heterocycles. The maximum absolute atomic E-state index is 14.0. The van der Waals surface area contributed by atoms with Gasteiger partial charge in [-0.05, 0) is 24.2 Å². The van der Waals surface area contributed by atoms with Gasteiger partial charge in [-0.1, -0.05) is 60.5 Å². The fourth-order valence-corrected chi connectivity index (χ4v) is 2.46. The van der Waals surface area contributed by atoms with Crippen molar-refractivity contribution in [3.63, 3.8) is 0 Å². The lowest BCUT2D eigenvalue weighted by atomic mass is 9.98. The Hall–Kier alpha value is -1.09. The third-order valence-electron chi connectivity index (χ3n) is 2.92. The van der Waals surface area contributed by atoms with E-state index in [1.807, 2.05) is 19.1 Å². The molecule has 0 aromatic heterocycles.